The van der Waals surface area contributed by atoms with Crippen LogP contribution in [0.5, 0.6) is 5.75 Å². The molecule has 1 aromatic carbocycles. The van der Waals surface area contributed by atoms with Crippen LogP contribution in [0.4, 0.5) is 0 Å². The van der Waals surface area contributed by atoms with Gasteiger partial charge in [0.2, 0.25) is 0 Å². The summed E-state index contributed by atoms with van der Waals surface area (Å²) < 4.78 is 12.6. The Morgan fingerprint density at radius 3 is 2.64 bits per heavy atom. The number of carboxylic acids is 2. The summed E-state index contributed by atoms with van der Waals surface area (Å²) in [4.78, 5) is 22.8. The molecule has 1 fully saturated rings. The van der Waals surface area contributed by atoms with Gasteiger partial charge in [0.25, 0.3) is 0 Å². The Balaban J connectivity index is 1.91. The van der Waals surface area contributed by atoms with Gasteiger partial charge in [-0.3, -0.25) is 9.59 Å². The molecular formula is C22H30O6. The lowest BCUT2D eigenvalue weighted by Crippen LogP contribution is -2.52. The molecule has 4 atom stereocenters. The number of hydrogen-bond acceptors (Lipinski definition) is 4. The van der Waals surface area contributed by atoms with Crippen LogP contribution in [0.2, 0.25) is 0 Å². The van der Waals surface area contributed by atoms with E-state index in [1.165, 1.54) is 5.56 Å². The van der Waals surface area contributed by atoms with Gasteiger partial charge in [0, 0.05) is 17.9 Å². The monoisotopic (exact) mass is 390 g/mol. The summed E-state index contributed by atoms with van der Waals surface area (Å²) in [5.41, 5.74) is 1.67. The van der Waals surface area contributed by atoms with Crippen LogP contribution in [-0.2, 0) is 20.7 Å². The maximum absolute atomic E-state index is 11.9. The Morgan fingerprint density at radius 2 is 2.00 bits per heavy atom. The van der Waals surface area contributed by atoms with Crippen molar-refractivity contribution >= 4 is 11.9 Å². The highest BCUT2D eigenvalue weighted by molar-refractivity contribution is 5.71. The molecule has 2 N–H and O–H groups in total. The zero-order valence-electron chi connectivity index (χ0n) is 16.8. The molecule has 1 aromatic rings. The maximum Gasteiger partial charge on any atom is 0.309 e. The Bertz CT molecular complexity index is 741. The van der Waals surface area contributed by atoms with Crippen LogP contribution in [0, 0.1) is 11.8 Å². The molecule has 1 saturated heterocycles. The molecule has 6 heteroatoms. The number of fused-ring (bicyclic) bond motifs is 3. The Labute approximate surface area is 165 Å². The summed E-state index contributed by atoms with van der Waals surface area (Å²) in [5.74, 6) is -1.70. The van der Waals surface area contributed by atoms with Crippen molar-refractivity contribution in [2.75, 3.05) is 0 Å². The number of carboxylic acid groups (broad SMARTS) is 2. The number of aryl methyl sites for hydroxylation is 1. The van der Waals surface area contributed by atoms with Crippen LogP contribution >= 0.6 is 0 Å². The lowest BCUT2D eigenvalue weighted by molar-refractivity contribution is -0.188. The predicted octanol–water partition coefficient (Wildman–Crippen LogP) is 4.21. The summed E-state index contributed by atoms with van der Waals surface area (Å²) in [7, 11) is 0. The molecule has 0 spiro atoms. The van der Waals surface area contributed by atoms with Crippen LogP contribution in [0.1, 0.15) is 70.1 Å². The molecule has 0 aliphatic carbocycles. The number of ether oxygens (including phenoxy) is 2. The maximum atomic E-state index is 11.9. The van der Waals surface area contributed by atoms with Gasteiger partial charge < -0.3 is 19.7 Å². The molecule has 0 saturated carbocycles. The van der Waals surface area contributed by atoms with Crippen molar-refractivity contribution in [2.45, 2.75) is 77.1 Å². The second-order valence-corrected chi connectivity index (χ2v) is 8.50. The van der Waals surface area contributed by atoms with E-state index < -0.39 is 29.6 Å². The topological polar surface area (TPSA) is 93.1 Å². The van der Waals surface area contributed by atoms with E-state index in [0.29, 0.717) is 19.3 Å². The molecule has 0 unspecified atom stereocenters. The van der Waals surface area contributed by atoms with Gasteiger partial charge in [-0.1, -0.05) is 19.4 Å². The van der Waals surface area contributed by atoms with Crippen molar-refractivity contribution in [3.8, 4) is 5.75 Å². The van der Waals surface area contributed by atoms with Gasteiger partial charge in [0.05, 0.1) is 18.1 Å². The minimum atomic E-state index is -0.889. The van der Waals surface area contributed by atoms with Crippen LogP contribution in [0.3, 0.4) is 0 Å². The van der Waals surface area contributed by atoms with E-state index in [1.807, 2.05) is 19.9 Å². The zero-order valence-corrected chi connectivity index (χ0v) is 16.8. The van der Waals surface area contributed by atoms with Gasteiger partial charge in [-0.25, -0.2) is 0 Å². The standard InChI is InChI=1S/C22H30O6/c1-4-6-13-9-10-18-14(11-13)20-16(22(2,3)28-18)12-15(21(25)26)17(27-20)7-5-8-19(23)24/h9-11,15-17,20H,4-8,12H2,1-3H3,(H,23,24)(H,25,26)/t15-,16+,17+,20-/m1/s1. The first-order chi connectivity index (χ1) is 13.2. The molecule has 2 heterocycles. The number of rotatable bonds is 7. The number of carbonyl (C=O) groups is 2. The summed E-state index contributed by atoms with van der Waals surface area (Å²) in [6, 6.07) is 6.19. The quantitative estimate of drug-likeness (QED) is 0.724. The normalized spacial score (nSPS) is 28.0. The van der Waals surface area contributed by atoms with E-state index in [9.17, 15) is 14.7 Å². The van der Waals surface area contributed by atoms with Gasteiger partial charge >= 0.3 is 11.9 Å². The fourth-order valence-electron chi connectivity index (χ4n) is 4.57. The molecule has 28 heavy (non-hydrogen) atoms. The van der Waals surface area contributed by atoms with Gasteiger partial charge in [-0.05, 0) is 57.2 Å². The van der Waals surface area contributed by atoms with E-state index in [0.717, 1.165) is 24.2 Å². The van der Waals surface area contributed by atoms with Crippen LogP contribution in [-0.4, -0.2) is 33.9 Å². The first-order valence-corrected chi connectivity index (χ1v) is 10.1. The average molecular weight is 390 g/mol. The van der Waals surface area contributed by atoms with Gasteiger partial charge in [-0.2, -0.15) is 0 Å². The third-order valence-electron chi connectivity index (χ3n) is 6.03. The summed E-state index contributed by atoms with van der Waals surface area (Å²) in [6.45, 7) is 6.11. The number of hydrogen-bond donors (Lipinski definition) is 2. The van der Waals surface area contributed by atoms with E-state index in [-0.39, 0.29) is 18.4 Å². The van der Waals surface area contributed by atoms with E-state index in [4.69, 9.17) is 14.6 Å². The highest BCUT2D eigenvalue weighted by Gasteiger charge is 2.51. The van der Waals surface area contributed by atoms with Gasteiger partial charge in [-0.15, -0.1) is 0 Å². The second-order valence-electron chi connectivity index (χ2n) is 8.50. The Hall–Kier alpha value is -2.08. The van der Waals surface area contributed by atoms with E-state index in [1.54, 1.807) is 0 Å². The van der Waals surface area contributed by atoms with Crippen molar-refractivity contribution in [3.05, 3.63) is 29.3 Å². The van der Waals surface area contributed by atoms with Crippen molar-refractivity contribution < 1.29 is 29.3 Å². The lowest BCUT2D eigenvalue weighted by atomic mass is 9.71. The van der Waals surface area contributed by atoms with E-state index >= 15 is 0 Å². The van der Waals surface area contributed by atoms with E-state index in [2.05, 4.69) is 19.1 Å². The highest BCUT2D eigenvalue weighted by atomic mass is 16.5. The van der Waals surface area contributed by atoms with Crippen LogP contribution in [0.25, 0.3) is 0 Å². The second kappa shape index (κ2) is 8.11. The van der Waals surface area contributed by atoms with Gasteiger partial charge in [0.1, 0.15) is 11.4 Å². The van der Waals surface area contributed by atoms with Crippen molar-refractivity contribution in [1.29, 1.82) is 0 Å². The summed E-state index contributed by atoms with van der Waals surface area (Å²) in [5, 5.41) is 18.7. The molecular weight excluding hydrogens is 360 g/mol. The lowest BCUT2D eigenvalue weighted by Gasteiger charge is -2.50. The minimum absolute atomic E-state index is 0.0200. The predicted molar refractivity (Wildman–Crippen MR) is 103 cm³/mol. The van der Waals surface area contributed by atoms with Crippen molar-refractivity contribution in [1.82, 2.24) is 0 Å². The SMILES string of the molecule is CCCc1ccc2c(c1)[C@H]1O[C@@H](CCCC(=O)O)[C@H](C(=O)O)C[C@@H]1C(C)(C)O2. The highest BCUT2D eigenvalue weighted by Crippen LogP contribution is 2.52. The van der Waals surface area contributed by atoms with Crippen molar-refractivity contribution in [3.63, 3.8) is 0 Å². The first-order valence-electron chi connectivity index (χ1n) is 10.1. The third-order valence-corrected chi connectivity index (χ3v) is 6.03. The fourth-order valence-corrected chi connectivity index (χ4v) is 4.57. The third kappa shape index (κ3) is 4.17. The smallest absolute Gasteiger partial charge is 0.309 e. The Kier molecular flexibility index (Phi) is 5.98. The van der Waals surface area contributed by atoms with Gasteiger partial charge in [0.15, 0.2) is 0 Å². The molecule has 0 aromatic heterocycles. The molecule has 2 aliphatic heterocycles. The molecule has 2 aliphatic rings. The largest absolute Gasteiger partial charge is 0.487 e. The minimum Gasteiger partial charge on any atom is -0.487 e. The number of benzene rings is 1. The first kappa shape index (κ1) is 20.6. The Morgan fingerprint density at radius 1 is 1.25 bits per heavy atom. The fraction of sp³-hybridized carbons (Fsp3) is 0.636. The molecule has 0 radical (unpaired) electrons. The zero-order chi connectivity index (χ0) is 20.5. The number of aliphatic carboxylic acids is 2. The molecule has 6 nitrogen and oxygen atoms in total. The summed E-state index contributed by atoms with van der Waals surface area (Å²) >= 11 is 0. The van der Waals surface area contributed by atoms with Crippen LogP contribution < -0.4 is 4.74 Å². The molecule has 154 valence electrons. The average Bonchev–Trinajstić information content (AvgIpc) is 2.61. The van der Waals surface area contributed by atoms with Crippen molar-refractivity contribution in [2.24, 2.45) is 11.8 Å². The molecule has 0 bridgehead atoms. The molecule has 0 amide bonds. The summed E-state index contributed by atoms with van der Waals surface area (Å²) in [6.07, 6.45) is 2.60. The van der Waals surface area contributed by atoms with Crippen LogP contribution in [0.15, 0.2) is 18.2 Å². The molecule has 3 rings (SSSR count).